The molecule has 0 saturated carbocycles. The molecular weight excluding hydrogens is 732 g/mol. The minimum Gasteiger partial charge on any atom is -0.0602 e. The van der Waals surface area contributed by atoms with Gasteiger partial charge in [0.1, 0.15) is 0 Å². The van der Waals surface area contributed by atoms with Crippen LogP contribution in [0.25, 0.3) is 79.8 Å². The summed E-state index contributed by atoms with van der Waals surface area (Å²) >= 11 is 0.331. The Bertz CT molecular complexity index is 3180. The van der Waals surface area contributed by atoms with E-state index < -0.39 is 0 Å². The van der Waals surface area contributed by atoms with Crippen molar-refractivity contribution in [2.24, 2.45) is 0 Å². The fraction of sp³-hybridized carbons (Fsp3) is 0. The molecule has 0 amide bonds. The van der Waals surface area contributed by atoms with Crippen molar-refractivity contribution in [2.75, 3.05) is 4.90 Å². The second kappa shape index (κ2) is 13.0. The third kappa shape index (κ3) is 5.40. The van der Waals surface area contributed by atoms with Crippen molar-refractivity contribution >= 4 is 83.4 Å². The van der Waals surface area contributed by atoms with Gasteiger partial charge in [-0.2, -0.15) is 0 Å². The summed E-state index contributed by atoms with van der Waals surface area (Å²) in [6, 6.07) is 75.6. The van der Waals surface area contributed by atoms with Crippen LogP contribution in [0.2, 0.25) is 0 Å². The van der Waals surface area contributed by atoms with Crippen LogP contribution in [0.3, 0.4) is 0 Å². The Hall–Kier alpha value is -6.64. The second-order valence-corrected chi connectivity index (χ2v) is 16.4. The molecule has 55 heavy (non-hydrogen) atoms. The van der Waals surface area contributed by atoms with Crippen LogP contribution in [0, 0.1) is 0 Å². The number of fused-ring (bicyclic) bond motifs is 7. The van der Waals surface area contributed by atoms with Crippen molar-refractivity contribution < 1.29 is 0 Å². The van der Waals surface area contributed by atoms with Crippen molar-refractivity contribution in [1.82, 2.24) is 4.57 Å². The SMILES string of the molecule is c1ccc(-n2c3ccccc3c3ccc(N(c4ccc(-c5ccc6c(c5)[se]c5ccccc56)cc4)c4ccc(-c5cccc6ccccc56)cc4)cc32)cc1. The van der Waals surface area contributed by atoms with Crippen molar-refractivity contribution in [2.45, 2.75) is 0 Å². The Morgan fingerprint density at radius 1 is 0.345 bits per heavy atom. The summed E-state index contributed by atoms with van der Waals surface area (Å²) in [6.07, 6.45) is 0. The van der Waals surface area contributed by atoms with Crippen LogP contribution < -0.4 is 4.90 Å². The number of aromatic nitrogens is 1. The van der Waals surface area contributed by atoms with Gasteiger partial charge in [-0.1, -0.05) is 78.9 Å². The van der Waals surface area contributed by atoms with Crippen LogP contribution in [-0.4, -0.2) is 19.1 Å². The van der Waals surface area contributed by atoms with Gasteiger partial charge in [-0.05, 0) is 34.5 Å². The van der Waals surface area contributed by atoms with E-state index in [0.717, 1.165) is 22.7 Å². The summed E-state index contributed by atoms with van der Waals surface area (Å²) in [6.45, 7) is 0. The number of anilines is 3. The average Bonchev–Trinajstić information content (AvgIpc) is 3.79. The van der Waals surface area contributed by atoms with Gasteiger partial charge < -0.3 is 0 Å². The van der Waals surface area contributed by atoms with E-state index in [-0.39, 0.29) is 0 Å². The van der Waals surface area contributed by atoms with Crippen LogP contribution in [-0.2, 0) is 0 Å². The first kappa shape index (κ1) is 31.8. The smallest absolute Gasteiger partial charge is 0.0380 e. The van der Waals surface area contributed by atoms with Gasteiger partial charge in [-0.3, -0.25) is 0 Å². The zero-order chi connectivity index (χ0) is 36.3. The minimum absolute atomic E-state index is 0.331. The first-order chi connectivity index (χ1) is 27.3. The Balaban J connectivity index is 1.05. The first-order valence-electron chi connectivity index (χ1n) is 18.8. The van der Waals surface area contributed by atoms with Crippen molar-refractivity contribution in [3.05, 3.63) is 206 Å². The third-order valence-electron chi connectivity index (χ3n) is 11.0. The zero-order valence-electron chi connectivity index (χ0n) is 29.9. The fourth-order valence-corrected chi connectivity index (χ4v) is 10.8. The molecule has 0 aliphatic rings. The van der Waals surface area contributed by atoms with Gasteiger partial charge in [0.25, 0.3) is 0 Å². The molecule has 0 unspecified atom stereocenters. The van der Waals surface area contributed by atoms with Crippen LogP contribution in [0.5, 0.6) is 0 Å². The molecule has 0 atom stereocenters. The summed E-state index contributed by atoms with van der Waals surface area (Å²) in [5, 5.41) is 7.79. The molecule has 0 aliphatic heterocycles. The number of hydrogen-bond acceptors (Lipinski definition) is 1. The molecule has 0 radical (unpaired) electrons. The maximum absolute atomic E-state index is 2.41. The molecule has 2 nitrogen and oxygen atoms in total. The number of rotatable bonds is 6. The van der Waals surface area contributed by atoms with E-state index in [0.29, 0.717) is 14.5 Å². The molecule has 0 aliphatic carbocycles. The fourth-order valence-electron chi connectivity index (χ4n) is 8.38. The Labute approximate surface area is 325 Å². The molecule has 0 spiro atoms. The molecule has 3 heteroatoms. The number of hydrogen-bond donors (Lipinski definition) is 0. The molecule has 0 N–H and O–H groups in total. The zero-order valence-corrected chi connectivity index (χ0v) is 31.6. The molecular formula is C52H34N2Se. The van der Waals surface area contributed by atoms with Gasteiger partial charge >= 0.3 is 197 Å². The Kier molecular flexibility index (Phi) is 7.55. The molecule has 11 aromatic rings. The molecule has 9 aromatic carbocycles. The molecule has 258 valence electrons. The van der Waals surface area contributed by atoms with E-state index in [1.165, 1.54) is 74.1 Å². The van der Waals surface area contributed by atoms with E-state index in [1.54, 1.807) is 0 Å². The summed E-state index contributed by atoms with van der Waals surface area (Å²) < 4.78 is 5.33. The molecule has 0 fully saturated rings. The Morgan fingerprint density at radius 3 is 1.75 bits per heavy atom. The normalized spacial score (nSPS) is 11.6. The van der Waals surface area contributed by atoms with E-state index in [2.05, 4.69) is 216 Å². The molecule has 0 bridgehead atoms. The van der Waals surface area contributed by atoms with Gasteiger partial charge in [0, 0.05) is 11.1 Å². The van der Waals surface area contributed by atoms with Crippen molar-refractivity contribution in [3.63, 3.8) is 0 Å². The standard InChI is InChI=1S/C52H34N2Se/c1-2-13-39(14-3-1)54-49-19-8-6-16-45(49)46-32-30-42(34-50(46)54)53(41-28-23-37(24-29-41)44-18-10-12-36-11-4-5-15-43(36)44)40-26-21-35(22-27-40)38-25-31-48-47-17-7-9-20-51(47)55-52(48)33-38/h1-34H. The summed E-state index contributed by atoms with van der Waals surface area (Å²) in [4.78, 5) is 2.39. The van der Waals surface area contributed by atoms with Crippen LogP contribution >= 0.6 is 0 Å². The third-order valence-corrected chi connectivity index (χ3v) is 13.4. The minimum atomic E-state index is 0.331. The van der Waals surface area contributed by atoms with E-state index in [9.17, 15) is 0 Å². The van der Waals surface area contributed by atoms with Gasteiger partial charge in [0.15, 0.2) is 0 Å². The Morgan fingerprint density at radius 2 is 0.927 bits per heavy atom. The van der Waals surface area contributed by atoms with E-state index in [1.807, 2.05) is 0 Å². The van der Waals surface area contributed by atoms with Crippen LogP contribution in [0.4, 0.5) is 17.1 Å². The molecule has 0 saturated heterocycles. The van der Waals surface area contributed by atoms with Crippen molar-refractivity contribution in [1.29, 1.82) is 0 Å². The number of nitrogens with zero attached hydrogens (tertiary/aromatic N) is 2. The van der Waals surface area contributed by atoms with Gasteiger partial charge in [-0.15, -0.1) is 0 Å². The monoisotopic (exact) mass is 766 g/mol. The maximum atomic E-state index is 2.41. The second-order valence-electron chi connectivity index (χ2n) is 14.2. The maximum Gasteiger partial charge on any atom is -0.0380 e. The average molecular weight is 766 g/mol. The topological polar surface area (TPSA) is 8.17 Å². The van der Waals surface area contributed by atoms with E-state index in [4.69, 9.17) is 0 Å². The predicted octanol–water partition coefficient (Wildman–Crippen LogP) is 14.1. The summed E-state index contributed by atoms with van der Waals surface area (Å²) in [5.74, 6) is 0. The summed E-state index contributed by atoms with van der Waals surface area (Å²) in [5.41, 5.74) is 11.8. The van der Waals surface area contributed by atoms with Gasteiger partial charge in [0.2, 0.25) is 0 Å². The van der Waals surface area contributed by atoms with Gasteiger partial charge in [0.05, 0.1) is 5.52 Å². The molecule has 11 rings (SSSR count). The largest absolute Gasteiger partial charge is 0.0602 e. The van der Waals surface area contributed by atoms with Crippen LogP contribution in [0.1, 0.15) is 0 Å². The number of benzene rings is 9. The molecule has 2 heterocycles. The first-order valence-corrected chi connectivity index (χ1v) is 20.5. The quantitative estimate of drug-likeness (QED) is 0.153. The number of para-hydroxylation sites is 2. The van der Waals surface area contributed by atoms with Crippen LogP contribution in [0.15, 0.2) is 206 Å². The predicted molar refractivity (Wildman–Crippen MR) is 236 cm³/mol. The van der Waals surface area contributed by atoms with Gasteiger partial charge in [-0.25, -0.2) is 0 Å². The van der Waals surface area contributed by atoms with E-state index >= 15 is 0 Å². The molecule has 2 aromatic heterocycles. The van der Waals surface area contributed by atoms with Crippen molar-refractivity contribution in [3.8, 4) is 27.9 Å². The summed E-state index contributed by atoms with van der Waals surface area (Å²) in [7, 11) is 0.